The molecule has 0 aromatic heterocycles. The first-order chi connectivity index (χ1) is 12.7. The van der Waals surface area contributed by atoms with Gasteiger partial charge in [0.1, 0.15) is 0 Å². The SMILES string of the molecule is O=C(NC1CC(=O)N(c2ccccc2)C1)N1CCC(c2ccccc2)C1. The van der Waals surface area contributed by atoms with Crippen molar-refractivity contribution in [2.24, 2.45) is 0 Å². The van der Waals surface area contributed by atoms with E-state index in [1.807, 2.05) is 53.4 Å². The Labute approximate surface area is 153 Å². The lowest BCUT2D eigenvalue weighted by Gasteiger charge is -2.21. The molecule has 2 aromatic rings. The highest BCUT2D eigenvalue weighted by atomic mass is 16.2. The molecule has 2 atom stereocenters. The molecule has 0 bridgehead atoms. The van der Waals surface area contributed by atoms with Gasteiger partial charge in [0.25, 0.3) is 0 Å². The number of para-hydroxylation sites is 1. The average Bonchev–Trinajstić information content (AvgIpc) is 3.30. The highest BCUT2D eigenvalue weighted by Gasteiger charge is 2.34. The number of hydrogen-bond acceptors (Lipinski definition) is 2. The van der Waals surface area contributed by atoms with Gasteiger partial charge in [-0.25, -0.2) is 4.79 Å². The Bertz CT molecular complexity index is 778. The van der Waals surface area contributed by atoms with E-state index >= 15 is 0 Å². The van der Waals surface area contributed by atoms with Crippen LogP contribution in [0.25, 0.3) is 0 Å². The summed E-state index contributed by atoms with van der Waals surface area (Å²) >= 11 is 0. The van der Waals surface area contributed by atoms with Crippen LogP contribution in [0.4, 0.5) is 10.5 Å². The zero-order valence-electron chi connectivity index (χ0n) is 14.7. The predicted octanol–water partition coefficient (Wildman–Crippen LogP) is 2.99. The Morgan fingerprint density at radius 3 is 2.38 bits per heavy atom. The lowest BCUT2D eigenvalue weighted by molar-refractivity contribution is -0.117. The van der Waals surface area contributed by atoms with E-state index in [2.05, 4.69) is 17.4 Å². The van der Waals surface area contributed by atoms with Crippen molar-refractivity contribution in [2.45, 2.75) is 24.8 Å². The number of benzene rings is 2. The van der Waals surface area contributed by atoms with Crippen LogP contribution in [0.5, 0.6) is 0 Å². The van der Waals surface area contributed by atoms with Crippen LogP contribution < -0.4 is 10.2 Å². The Balaban J connectivity index is 1.34. The van der Waals surface area contributed by atoms with Gasteiger partial charge in [0.05, 0.1) is 6.04 Å². The van der Waals surface area contributed by atoms with E-state index in [9.17, 15) is 9.59 Å². The molecule has 134 valence electrons. The van der Waals surface area contributed by atoms with Gasteiger partial charge in [-0.1, -0.05) is 48.5 Å². The largest absolute Gasteiger partial charge is 0.333 e. The zero-order chi connectivity index (χ0) is 17.9. The minimum absolute atomic E-state index is 0.0591. The summed E-state index contributed by atoms with van der Waals surface area (Å²) in [5.41, 5.74) is 2.17. The van der Waals surface area contributed by atoms with E-state index in [0.717, 1.165) is 25.2 Å². The third kappa shape index (κ3) is 3.43. The summed E-state index contributed by atoms with van der Waals surface area (Å²) in [6.45, 7) is 2.03. The lowest BCUT2D eigenvalue weighted by Crippen LogP contribution is -2.44. The fourth-order valence-electron chi connectivity index (χ4n) is 3.87. The van der Waals surface area contributed by atoms with Gasteiger partial charge in [-0.15, -0.1) is 0 Å². The number of carbonyl (C=O) groups excluding carboxylic acids is 2. The van der Waals surface area contributed by atoms with E-state index in [1.165, 1.54) is 5.56 Å². The molecule has 4 rings (SSSR count). The molecule has 2 aromatic carbocycles. The van der Waals surface area contributed by atoms with Crippen LogP contribution in [0.15, 0.2) is 60.7 Å². The van der Waals surface area contributed by atoms with Gasteiger partial charge in [-0.05, 0) is 24.1 Å². The molecular formula is C21H23N3O2. The van der Waals surface area contributed by atoms with Gasteiger partial charge in [0, 0.05) is 37.7 Å². The molecule has 5 nitrogen and oxygen atoms in total. The van der Waals surface area contributed by atoms with Crippen LogP contribution in [-0.2, 0) is 4.79 Å². The van der Waals surface area contributed by atoms with Crippen LogP contribution in [0.1, 0.15) is 24.3 Å². The molecule has 2 aliphatic heterocycles. The quantitative estimate of drug-likeness (QED) is 0.926. The lowest BCUT2D eigenvalue weighted by atomic mass is 9.99. The molecule has 5 heteroatoms. The molecule has 0 aliphatic carbocycles. The standard InChI is InChI=1S/C21H23N3O2/c25-20-13-18(15-24(20)19-9-5-2-6-10-19)22-21(26)23-12-11-17(14-23)16-7-3-1-4-8-16/h1-10,17-18H,11-15H2,(H,22,26). The molecule has 0 spiro atoms. The Hall–Kier alpha value is -2.82. The molecule has 26 heavy (non-hydrogen) atoms. The molecule has 2 aliphatic rings. The van der Waals surface area contributed by atoms with Gasteiger partial charge < -0.3 is 15.1 Å². The number of carbonyl (C=O) groups is 2. The number of likely N-dealkylation sites (tertiary alicyclic amines) is 1. The molecule has 0 radical (unpaired) electrons. The Kier molecular flexibility index (Phi) is 4.61. The van der Waals surface area contributed by atoms with E-state index in [1.54, 1.807) is 4.90 Å². The average molecular weight is 349 g/mol. The number of nitrogens with zero attached hydrogens (tertiary/aromatic N) is 2. The monoisotopic (exact) mass is 349 g/mol. The summed E-state index contributed by atoms with van der Waals surface area (Å²) in [5, 5.41) is 3.05. The Morgan fingerprint density at radius 1 is 0.962 bits per heavy atom. The van der Waals surface area contributed by atoms with Gasteiger partial charge in [-0.2, -0.15) is 0 Å². The van der Waals surface area contributed by atoms with Crippen molar-refractivity contribution in [1.29, 1.82) is 0 Å². The number of urea groups is 1. The van der Waals surface area contributed by atoms with Gasteiger partial charge in [-0.3, -0.25) is 4.79 Å². The molecule has 2 unspecified atom stereocenters. The van der Waals surface area contributed by atoms with Crippen molar-refractivity contribution >= 4 is 17.6 Å². The van der Waals surface area contributed by atoms with Gasteiger partial charge in [0.2, 0.25) is 5.91 Å². The minimum atomic E-state index is -0.133. The summed E-state index contributed by atoms with van der Waals surface area (Å²) < 4.78 is 0. The van der Waals surface area contributed by atoms with E-state index in [-0.39, 0.29) is 18.0 Å². The summed E-state index contributed by atoms with van der Waals surface area (Å²) in [6, 6.07) is 19.8. The molecule has 2 heterocycles. The first-order valence-corrected chi connectivity index (χ1v) is 9.16. The molecule has 0 saturated carbocycles. The summed E-state index contributed by atoms with van der Waals surface area (Å²) in [7, 11) is 0. The maximum Gasteiger partial charge on any atom is 0.317 e. The van der Waals surface area contributed by atoms with Crippen molar-refractivity contribution in [1.82, 2.24) is 10.2 Å². The van der Waals surface area contributed by atoms with Crippen molar-refractivity contribution in [3.05, 3.63) is 66.2 Å². The van der Waals surface area contributed by atoms with E-state index in [4.69, 9.17) is 0 Å². The van der Waals surface area contributed by atoms with Crippen molar-refractivity contribution < 1.29 is 9.59 Å². The van der Waals surface area contributed by atoms with Crippen molar-refractivity contribution in [3.8, 4) is 0 Å². The van der Waals surface area contributed by atoms with Crippen molar-refractivity contribution in [3.63, 3.8) is 0 Å². The van der Waals surface area contributed by atoms with E-state index in [0.29, 0.717) is 18.9 Å². The predicted molar refractivity (Wildman–Crippen MR) is 101 cm³/mol. The first-order valence-electron chi connectivity index (χ1n) is 9.16. The topological polar surface area (TPSA) is 52.7 Å². The fraction of sp³-hybridized carbons (Fsp3) is 0.333. The summed E-state index contributed by atoms with van der Waals surface area (Å²) in [4.78, 5) is 28.5. The highest BCUT2D eigenvalue weighted by molar-refractivity contribution is 5.96. The third-order valence-electron chi connectivity index (χ3n) is 5.27. The third-order valence-corrected chi connectivity index (χ3v) is 5.27. The number of hydrogen-bond donors (Lipinski definition) is 1. The second-order valence-electron chi connectivity index (χ2n) is 7.03. The zero-order valence-corrected chi connectivity index (χ0v) is 14.7. The second-order valence-corrected chi connectivity index (χ2v) is 7.03. The Morgan fingerprint density at radius 2 is 1.65 bits per heavy atom. The molecule has 1 N–H and O–H groups in total. The summed E-state index contributed by atoms with van der Waals surface area (Å²) in [6.07, 6.45) is 1.34. The molecular weight excluding hydrogens is 326 g/mol. The van der Waals surface area contributed by atoms with Crippen LogP contribution >= 0.6 is 0 Å². The maximum atomic E-state index is 12.6. The molecule has 2 saturated heterocycles. The van der Waals surface area contributed by atoms with E-state index < -0.39 is 0 Å². The fourth-order valence-corrected chi connectivity index (χ4v) is 3.87. The maximum absolute atomic E-state index is 12.6. The van der Waals surface area contributed by atoms with Crippen LogP contribution in [0, 0.1) is 0 Å². The number of amides is 3. The normalized spacial score (nSPS) is 22.7. The van der Waals surface area contributed by atoms with Crippen LogP contribution in [0.3, 0.4) is 0 Å². The van der Waals surface area contributed by atoms with Gasteiger partial charge in [0.15, 0.2) is 0 Å². The summed E-state index contributed by atoms with van der Waals surface area (Å²) in [5.74, 6) is 0.457. The molecule has 2 fully saturated rings. The number of rotatable bonds is 3. The smallest absolute Gasteiger partial charge is 0.317 e. The van der Waals surface area contributed by atoms with Crippen LogP contribution in [0.2, 0.25) is 0 Å². The van der Waals surface area contributed by atoms with Crippen LogP contribution in [-0.4, -0.2) is 42.5 Å². The van der Waals surface area contributed by atoms with Crippen molar-refractivity contribution in [2.75, 3.05) is 24.5 Å². The second kappa shape index (κ2) is 7.20. The first kappa shape index (κ1) is 16.6. The van der Waals surface area contributed by atoms with Gasteiger partial charge >= 0.3 is 6.03 Å². The minimum Gasteiger partial charge on any atom is -0.333 e. The number of nitrogens with one attached hydrogen (secondary N) is 1. The molecule has 3 amide bonds. The number of anilines is 1. The highest BCUT2D eigenvalue weighted by Crippen LogP contribution is 2.27.